The van der Waals surface area contributed by atoms with Crippen LogP contribution < -0.4 is 0 Å². The highest BCUT2D eigenvalue weighted by Crippen LogP contribution is 2.73. The van der Waals surface area contributed by atoms with Crippen molar-refractivity contribution < 1.29 is 78.4 Å². The molecule has 460 valence electrons. The molecule has 1 aliphatic heterocycles. The highest BCUT2D eigenvalue weighted by atomic mass is 19.1. The predicted molar refractivity (Wildman–Crippen MR) is 306 cm³/mol. The minimum Gasteiger partial charge on any atom is -0.393 e. The number of halogens is 1. The van der Waals surface area contributed by atoms with E-state index in [-0.39, 0.29) is 93.5 Å². The molecular weight excluding hydrogens is 1080 g/mol. The fourth-order valence-electron chi connectivity index (χ4n) is 22.2. The van der Waals surface area contributed by atoms with Gasteiger partial charge in [0.2, 0.25) is 0 Å². The van der Waals surface area contributed by atoms with Gasteiger partial charge in [0.15, 0.2) is 52.3 Å². The first-order valence-corrected chi connectivity index (χ1v) is 31.4. The van der Waals surface area contributed by atoms with Crippen molar-refractivity contribution in [2.75, 3.05) is 13.2 Å². The Bertz CT molecular complexity index is 3000. The molecule has 1 saturated heterocycles. The second-order valence-electron chi connectivity index (χ2n) is 29.7. The Labute approximate surface area is 493 Å². The van der Waals surface area contributed by atoms with Crippen LogP contribution in [0.15, 0.2) is 71.4 Å². The first-order valence-electron chi connectivity index (χ1n) is 31.4. The Morgan fingerprint density at radius 3 is 1.71 bits per heavy atom. The van der Waals surface area contributed by atoms with Gasteiger partial charge in [-0.1, -0.05) is 89.8 Å². The zero-order chi connectivity index (χ0) is 61.1. The molecule has 0 aromatic heterocycles. The van der Waals surface area contributed by atoms with Gasteiger partial charge in [-0.25, -0.2) is 4.39 Å². The number of ether oxygens (including phenoxy) is 2. The molecule has 7 N–H and O–H groups in total. The second-order valence-corrected chi connectivity index (χ2v) is 29.7. The van der Waals surface area contributed by atoms with Crippen LogP contribution >= 0.6 is 0 Å². The minimum absolute atomic E-state index is 0.00153. The van der Waals surface area contributed by atoms with Crippen molar-refractivity contribution in [3.63, 3.8) is 0 Å². The van der Waals surface area contributed by atoms with Crippen LogP contribution in [0, 0.1) is 85.8 Å². The first kappa shape index (κ1) is 61.7. The molecule has 13 aliphatic rings. The topological polar surface area (TPSA) is 262 Å². The van der Waals surface area contributed by atoms with Crippen LogP contribution in [-0.4, -0.2) is 137 Å². The number of fused-ring (bicyclic) bond motifs is 17. The van der Waals surface area contributed by atoms with E-state index in [9.17, 15) is 64.5 Å². The molecule has 0 aromatic carbocycles. The molecule has 0 unspecified atom stereocenters. The number of carbonyl (C=O) groups is 6. The number of hydrogen-bond acceptors (Lipinski definition) is 15. The Balaban J connectivity index is 0.000000132. The normalized spacial score (nSPS) is 51.4. The van der Waals surface area contributed by atoms with Gasteiger partial charge in [-0.2, -0.15) is 0 Å². The van der Waals surface area contributed by atoms with Crippen molar-refractivity contribution in [3.05, 3.63) is 71.4 Å². The van der Waals surface area contributed by atoms with Crippen LogP contribution in [0.4, 0.5) is 4.39 Å². The summed E-state index contributed by atoms with van der Waals surface area (Å²) < 4.78 is 29.5. The van der Waals surface area contributed by atoms with Gasteiger partial charge in [-0.15, -0.1) is 0 Å². The Morgan fingerprint density at radius 1 is 0.643 bits per heavy atom. The fourth-order valence-corrected chi connectivity index (χ4v) is 22.2. The van der Waals surface area contributed by atoms with Crippen molar-refractivity contribution in [1.82, 2.24) is 0 Å². The molecule has 0 bridgehead atoms. The van der Waals surface area contributed by atoms with Gasteiger partial charge in [-0.3, -0.25) is 28.8 Å². The third-order valence-corrected chi connectivity index (χ3v) is 26.3. The van der Waals surface area contributed by atoms with Gasteiger partial charge in [0.25, 0.3) is 0 Å². The maximum Gasteiger partial charge on any atom is 0.193 e. The maximum absolute atomic E-state index is 16.9. The molecule has 0 spiro atoms. The minimum atomic E-state index is -1.92. The monoisotopic (exact) mass is 1170 g/mol. The number of ketones is 6. The number of alkyl halides is 1. The van der Waals surface area contributed by atoms with Gasteiger partial charge in [0.05, 0.1) is 24.4 Å². The van der Waals surface area contributed by atoms with Crippen molar-refractivity contribution >= 4 is 34.7 Å². The van der Waals surface area contributed by atoms with Gasteiger partial charge in [-0.05, 0) is 176 Å². The summed E-state index contributed by atoms with van der Waals surface area (Å²) in [4.78, 5) is 73.6. The van der Waals surface area contributed by atoms with E-state index in [1.807, 2.05) is 32.9 Å². The molecular formula is C68H91FO15. The van der Waals surface area contributed by atoms with E-state index in [0.717, 1.165) is 55.2 Å². The lowest BCUT2D eigenvalue weighted by atomic mass is 9.43. The molecule has 0 amide bonds. The number of hydrogen-bond donors (Lipinski definition) is 7. The molecule has 0 aromatic rings. The summed E-state index contributed by atoms with van der Waals surface area (Å²) in [5.74, 6) is -1.31. The zero-order valence-electron chi connectivity index (χ0n) is 50.6. The third-order valence-electron chi connectivity index (χ3n) is 26.3. The number of Topliss-reactive ketones (excluding diaryl/α,β-unsaturated/α-hetero) is 3. The summed E-state index contributed by atoms with van der Waals surface area (Å²) in [5, 5.41) is 75.3. The van der Waals surface area contributed by atoms with Gasteiger partial charge in [0.1, 0.15) is 24.4 Å². The molecule has 10 fully saturated rings. The third kappa shape index (κ3) is 8.10. The lowest BCUT2D eigenvalue weighted by molar-refractivity contribution is -0.219. The molecule has 9 saturated carbocycles. The van der Waals surface area contributed by atoms with Crippen molar-refractivity contribution in [3.8, 4) is 0 Å². The number of rotatable bonds is 7. The van der Waals surface area contributed by atoms with E-state index >= 15 is 4.39 Å². The Hall–Kier alpha value is -3.97. The quantitative estimate of drug-likeness (QED) is 0.133. The van der Waals surface area contributed by atoms with Crippen LogP contribution in [0.2, 0.25) is 0 Å². The Kier molecular flexibility index (Phi) is 15.1. The summed E-state index contributed by atoms with van der Waals surface area (Å²) in [5.41, 5.74) is -7.18. The number of aliphatic hydroxyl groups excluding tert-OH is 5. The highest BCUT2D eigenvalue weighted by molar-refractivity contribution is 6.02. The average molecular weight is 1170 g/mol. The summed E-state index contributed by atoms with van der Waals surface area (Å²) in [6.45, 7) is 16.0. The van der Waals surface area contributed by atoms with Crippen molar-refractivity contribution in [2.24, 2.45) is 85.8 Å². The van der Waals surface area contributed by atoms with Gasteiger partial charge < -0.3 is 45.2 Å². The summed E-state index contributed by atoms with van der Waals surface area (Å²) in [6.07, 6.45) is 20.7. The Morgan fingerprint density at radius 2 is 1.15 bits per heavy atom. The summed E-state index contributed by atoms with van der Waals surface area (Å²) in [6, 6.07) is 0. The van der Waals surface area contributed by atoms with E-state index in [1.165, 1.54) is 19.1 Å². The fraction of sp³-hybridized carbons (Fsp3) is 0.735. The van der Waals surface area contributed by atoms with Crippen LogP contribution in [0.3, 0.4) is 0 Å². The molecule has 13 rings (SSSR count). The van der Waals surface area contributed by atoms with Crippen LogP contribution in [-0.2, 0) is 38.2 Å². The van der Waals surface area contributed by atoms with Gasteiger partial charge >= 0.3 is 0 Å². The number of aliphatic hydroxyl groups is 7. The lowest BCUT2D eigenvalue weighted by Gasteiger charge is -2.63. The lowest BCUT2D eigenvalue weighted by Crippen LogP contribution is -2.69. The molecule has 84 heavy (non-hydrogen) atoms. The second kappa shape index (κ2) is 20.5. The van der Waals surface area contributed by atoms with Crippen LogP contribution in [0.1, 0.15) is 159 Å². The molecule has 15 nitrogen and oxygen atoms in total. The molecule has 0 radical (unpaired) electrons. The standard InChI is InChI=1S/C25H34O6.C22H29FO4.C21H28O5/c1-4-5-21-30-20-11-17-16-7-6-14-10-15(27)8-9-23(14,2)22(16)18(28)12-24(17,3)25(20,31-21)19(29)13-26;1-12-9-17-15-6-8-21(27,13(2)24)20(15,4)11-18(26)22(17,23)19(3)7-5-14(25)10-16(12)19;1-19-7-5-13(23)9-12(19)3-4-14-15-6-8-21(26,17(25)11-22)20(15,2)10-16(24)18(14)19/h8-10,16-18,20-22,26,28H,4-7,11-13H2,1-3H3;5,7,10,12,15,17-18,26-27H,6,8-9,11H2,1-4H3;5,7,9,14-16,18,22,24,26H,3-4,6,8,10-11H2,1-2H3/t16-,17-,18-,20+,21+,22+,23-,24-,25+;12-,15-,17-,18-,19-,20-,21-,22-;14-,15-,16-,18+,19-,20-,21-/m000/s1. The van der Waals surface area contributed by atoms with E-state index in [1.54, 1.807) is 37.3 Å². The molecule has 16 heteroatoms. The summed E-state index contributed by atoms with van der Waals surface area (Å²) >= 11 is 0. The van der Waals surface area contributed by atoms with Crippen LogP contribution in [0.25, 0.3) is 0 Å². The molecule has 1 heterocycles. The number of allylic oxidation sites excluding steroid dienone is 12. The smallest absolute Gasteiger partial charge is 0.193 e. The maximum atomic E-state index is 16.9. The van der Waals surface area contributed by atoms with Gasteiger partial charge in [0, 0.05) is 50.2 Å². The van der Waals surface area contributed by atoms with Crippen molar-refractivity contribution in [1.29, 1.82) is 0 Å². The zero-order valence-corrected chi connectivity index (χ0v) is 50.6. The predicted octanol–water partition coefficient (Wildman–Crippen LogP) is 7.20. The first-order chi connectivity index (χ1) is 39.3. The van der Waals surface area contributed by atoms with E-state index in [4.69, 9.17) is 9.47 Å². The van der Waals surface area contributed by atoms with Crippen LogP contribution in [0.5, 0.6) is 0 Å². The molecule has 24 atom stereocenters. The van der Waals surface area contributed by atoms with Crippen molar-refractivity contribution in [2.45, 2.75) is 212 Å². The van der Waals surface area contributed by atoms with E-state index < -0.39 is 99.8 Å². The SMILES string of the molecule is CC(=O)[C@@]1(O)CC[C@H]2[C@@H]3C[C@H](C)C4=CC(=O)C=C[C@]4(C)[C@@]3(F)[C@@H](O)C[C@@]21C.CCC[C@@H]1O[C@@H]2C[C@H]3[C@@H]4CCC5=CC(=O)C=C[C@]5(C)[C@H]4[C@@H](O)C[C@]3(C)[C@]2(C(=O)CO)O1.C[C@]12C=CC(=O)C=C1CC[C@@H]1[C@@H]2[C@@H](O)C[C@@]2(C)[C@H]1CC[C@]2(O)C(=O)CO. The largest absolute Gasteiger partial charge is 0.393 e. The molecule has 12 aliphatic carbocycles. The number of carbonyl (C=O) groups excluding carboxylic acids is 6. The summed E-state index contributed by atoms with van der Waals surface area (Å²) in [7, 11) is 0. The highest BCUT2D eigenvalue weighted by Gasteiger charge is 2.77. The van der Waals surface area contributed by atoms with E-state index in [0.29, 0.717) is 51.4 Å². The van der Waals surface area contributed by atoms with E-state index in [2.05, 4.69) is 27.7 Å². The average Bonchev–Trinajstić information content (AvgIpc) is 1.58.